The zero-order valence-electron chi connectivity index (χ0n) is 16.5. The number of halogens is 2. The summed E-state index contributed by atoms with van der Waals surface area (Å²) in [6.45, 7) is 0.106. The normalized spacial score (nSPS) is 24.2. The van der Waals surface area contributed by atoms with Crippen LogP contribution in [0.3, 0.4) is 0 Å². The number of carbonyl (C=O) groups is 1. The van der Waals surface area contributed by atoms with Crippen molar-refractivity contribution in [1.82, 2.24) is 4.90 Å². The van der Waals surface area contributed by atoms with Crippen LogP contribution < -0.4 is 4.90 Å². The molecule has 2 aliphatic rings. The number of alkyl halides is 2. The van der Waals surface area contributed by atoms with Crippen molar-refractivity contribution in [1.29, 1.82) is 5.26 Å². The predicted octanol–water partition coefficient (Wildman–Crippen LogP) is 3.30. The molecule has 8 heteroatoms. The minimum atomic E-state index is -3.00. The molecule has 2 fully saturated rings. The summed E-state index contributed by atoms with van der Waals surface area (Å²) < 4.78 is 35.0. The molecule has 1 spiro atoms. The number of likely N-dealkylation sites (tertiary alicyclic amines) is 1. The molecule has 3 heterocycles. The van der Waals surface area contributed by atoms with E-state index in [-0.39, 0.29) is 25.6 Å². The molecular formula is C22H23F2N3O3. The van der Waals surface area contributed by atoms with Gasteiger partial charge in [0.25, 0.3) is 5.92 Å². The number of piperidine rings is 2. The van der Waals surface area contributed by atoms with Gasteiger partial charge in [0.1, 0.15) is 18.1 Å². The van der Waals surface area contributed by atoms with Crippen molar-refractivity contribution in [3.05, 3.63) is 53.5 Å². The summed E-state index contributed by atoms with van der Waals surface area (Å²) in [6.07, 6.45) is 0.526. The van der Waals surface area contributed by atoms with E-state index in [0.717, 1.165) is 0 Å². The van der Waals surface area contributed by atoms with Gasteiger partial charge in [0.2, 0.25) is 5.91 Å². The number of nitrogens with zero attached hydrogens (tertiary/aromatic N) is 3. The van der Waals surface area contributed by atoms with E-state index in [9.17, 15) is 13.6 Å². The molecule has 1 unspecified atom stereocenters. The summed E-state index contributed by atoms with van der Waals surface area (Å²) in [4.78, 5) is 16.6. The fourth-order valence-electron chi connectivity index (χ4n) is 4.71. The Hall–Kier alpha value is -2.76. The van der Waals surface area contributed by atoms with Crippen molar-refractivity contribution in [2.45, 2.75) is 38.3 Å². The van der Waals surface area contributed by atoms with E-state index in [4.69, 9.17) is 14.8 Å². The number of aliphatic hydroxyl groups excluding tert-OH is 1. The molecule has 1 amide bonds. The van der Waals surface area contributed by atoms with Crippen LogP contribution in [0.2, 0.25) is 0 Å². The van der Waals surface area contributed by atoms with Crippen LogP contribution in [0.25, 0.3) is 0 Å². The first-order valence-corrected chi connectivity index (χ1v) is 9.95. The Labute approximate surface area is 173 Å². The number of benzene rings is 1. The quantitative estimate of drug-likeness (QED) is 0.829. The number of carbonyl (C=O) groups excluding carboxylic acids is 1. The average molecular weight is 415 g/mol. The molecule has 158 valence electrons. The van der Waals surface area contributed by atoms with Gasteiger partial charge in [-0.25, -0.2) is 8.78 Å². The zero-order chi connectivity index (χ0) is 21.4. The van der Waals surface area contributed by atoms with Crippen molar-refractivity contribution >= 4 is 11.6 Å². The average Bonchev–Trinajstić information content (AvgIpc) is 3.16. The van der Waals surface area contributed by atoms with Gasteiger partial charge in [-0.2, -0.15) is 5.26 Å². The third kappa shape index (κ3) is 3.95. The SMILES string of the molecule is N#Cc1cccc(N2CCCC3(CN(Cc4ccc(CO)o4)CC(F)(F)C3)C2=O)c1. The van der Waals surface area contributed by atoms with Gasteiger partial charge in [-0.3, -0.25) is 9.69 Å². The second-order valence-electron chi connectivity index (χ2n) is 8.21. The van der Waals surface area contributed by atoms with E-state index in [0.29, 0.717) is 42.2 Å². The Balaban J connectivity index is 1.60. The zero-order valence-corrected chi connectivity index (χ0v) is 16.5. The van der Waals surface area contributed by atoms with Gasteiger partial charge in [-0.05, 0) is 43.2 Å². The molecule has 0 saturated carbocycles. The number of hydrogen-bond acceptors (Lipinski definition) is 5. The van der Waals surface area contributed by atoms with Crippen LogP contribution in [-0.4, -0.2) is 41.5 Å². The van der Waals surface area contributed by atoms with E-state index in [2.05, 4.69) is 6.07 Å². The van der Waals surface area contributed by atoms with Gasteiger partial charge in [0, 0.05) is 25.2 Å². The lowest BCUT2D eigenvalue weighted by molar-refractivity contribution is -0.155. The Morgan fingerprint density at radius 2 is 2.00 bits per heavy atom. The van der Waals surface area contributed by atoms with Crippen molar-refractivity contribution < 1.29 is 23.1 Å². The number of amides is 1. The molecule has 30 heavy (non-hydrogen) atoms. The fourth-order valence-corrected chi connectivity index (χ4v) is 4.71. The number of rotatable bonds is 4. The van der Waals surface area contributed by atoms with Crippen LogP contribution in [0.4, 0.5) is 14.5 Å². The van der Waals surface area contributed by atoms with Crippen molar-refractivity contribution in [2.24, 2.45) is 5.41 Å². The summed E-state index contributed by atoms with van der Waals surface area (Å²) >= 11 is 0. The number of anilines is 1. The second kappa shape index (κ2) is 7.82. The minimum Gasteiger partial charge on any atom is -0.462 e. The molecule has 0 bridgehead atoms. The molecule has 1 aromatic carbocycles. The highest BCUT2D eigenvalue weighted by Crippen LogP contribution is 2.46. The standard InChI is InChI=1S/C22H23F2N3O3/c23-22(24)13-21(14-26(15-22)11-18-5-6-19(12-28)30-18)7-2-8-27(20(21)29)17-4-1-3-16(9-17)10-25/h1,3-6,9,28H,2,7-8,11-15H2. The van der Waals surface area contributed by atoms with Gasteiger partial charge in [0.05, 0.1) is 30.1 Å². The highest BCUT2D eigenvalue weighted by Gasteiger charge is 2.55. The number of furan rings is 1. The summed E-state index contributed by atoms with van der Waals surface area (Å²) in [5.41, 5.74) is -0.195. The molecule has 1 N–H and O–H groups in total. The smallest absolute Gasteiger partial charge is 0.261 e. The molecule has 6 nitrogen and oxygen atoms in total. The van der Waals surface area contributed by atoms with Crippen LogP contribution in [0.1, 0.15) is 36.3 Å². The van der Waals surface area contributed by atoms with Crippen LogP contribution >= 0.6 is 0 Å². The van der Waals surface area contributed by atoms with E-state index in [1.165, 1.54) is 0 Å². The highest BCUT2D eigenvalue weighted by molar-refractivity contribution is 5.98. The van der Waals surface area contributed by atoms with E-state index in [1.807, 2.05) is 0 Å². The van der Waals surface area contributed by atoms with Crippen molar-refractivity contribution in [2.75, 3.05) is 24.5 Å². The maximum atomic E-state index is 14.8. The molecular weight excluding hydrogens is 392 g/mol. The molecule has 2 saturated heterocycles. The number of nitriles is 1. The lowest BCUT2D eigenvalue weighted by Crippen LogP contribution is -2.61. The van der Waals surface area contributed by atoms with Gasteiger partial charge in [-0.15, -0.1) is 0 Å². The summed E-state index contributed by atoms with van der Waals surface area (Å²) in [6, 6.07) is 12.0. The maximum Gasteiger partial charge on any atom is 0.261 e. The number of aliphatic hydroxyl groups is 1. The predicted molar refractivity (Wildman–Crippen MR) is 105 cm³/mol. The lowest BCUT2D eigenvalue weighted by atomic mass is 9.71. The monoisotopic (exact) mass is 415 g/mol. The summed E-state index contributed by atoms with van der Waals surface area (Å²) in [7, 11) is 0. The Morgan fingerprint density at radius 1 is 1.20 bits per heavy atom. The van der Waals surface area contributed by atoms with E-state index in [1.54, 1.807) is 46.2 Å². The highest BCUT2D eigenvalue weighted by atomic mass is 19.3. The first kappa shape index (κ1) is 20.5. The Morgan fingerprint density at radius 3 is 2.73 bits per heavy atom. The molecule has 2 aliphatic heterocycles. The van der Waals surface area contributed by atoms with Crippen molar-refractivity contribution in [3.63, 3.8) is 0 Å². The molecule has 1 aromatic heterocycles. The third-order valence-corrected chi connectivity index (χ3v) is 5.85. The Bertz CT molecular complexity index is 984. The van der Waals surface area contributed by atoms with Crippen molar-refractivity contribution in [3.8, 4) is 6.07 Å². The van der Waals surface area contributed by atoms with Gasteiger partial charge < -0.3 is 14.4 Å². The van der Waals surface area contributed by atoms with Crippen LogP contribution in [0, 0.1) is 16.7 Å². The second-order valence-corrected chi connectivity index (χ2v) is 8.21. The van der Waals surface area contributed by atoms with Crippen LogP contribution in [0.5, 0.6) is 0 Å². The topological polar surface area (TPSA) is 80.7 Å². The molecule has 2 aromatic rings. The van der Waals surface area contributed by atoms with E-state index < -0.39 is 24.3 Å². The van der Waals surface area contributed by atoms with Gasteiger partial charge >= 0.3 is 0 Å². The fraction of sp³-hybridized carbons (Fsp3) is 0.455. The number of hydrogen-bond donors (Lipinski definition) is 1. The molecule has 0 radical (unpaired) electrons. The Kier molecular flexibility index (Phi) is 5.35. The first-order chi connectivity index (χ1) is 14.3. The first-order valence-electron chi connectivity index (χ1n) is 9.95. The van der Waals surface area contributed by atoms with E-state index >= 15 is 0 Å². The lowest BCUT2D eigenvalue weighted by Gasteiger charge is -2.49. The van der Waals surface area contributed by atoms with Crippen LogP contribution in [0.15, 0.2) is 40.8 Å². The molecule has 4 rings (SSSR count). The third-order valence-electron chi connectivity index (χ3n) is 5.85. The van der Waals surface area contributed by atoms with Crippen LogP contribution in [-0.2, 0) is 17.9 Å². The summed E-state index contributed by atoms with van der Waals surface area (Å²) in [5, 5.41) is 18.3. The largest absolute Gasteiger partial charge is 0.462 e. The maximum absolute atomic E-state index is 14.8. The molecule has 0 aliphatic carbocycles. The van der Waals surface area contributed by atoms with Gasteiger partial charge in [-0.1, -0.05) is 6.07 Å². The summed E-state index contributed by atoms with van der Waals surface area (Å²) in [5.74, 6) is -2.46. The van der Waals surface area contributed by atoms with Gasteiger partial charge in [0.15, 0.2) is 0 Å². The molecule has 1 atom stereocenters. The minimum absolute atomic E-state index is 0.147.